The van der Waals surface area contributed by atoms with E-state index in [4.69, 9.17) is 32.9 Å². The first-order valence-corrected chi connectivity index (χ1v) is 12.7. The van der Waals surface area contributed by atoms with Crippen LogP contribution in [0.15, 0.2) is 42.7 Å². The van der Waals surface area contributed by atoms with Crippen molar-refractivity contribution < 1.29 is 9.13 Å². The monoisotopic (exact) mass is 522 g/mol. The third kappa shape index (κ3) is 3.55. The Morgan fingerprint density at radius 3 is 2.61 bits per heavy atom. The van der Waals surface area contributed by atoms with Gasteiger partial charge in [0.1, 0.15) is 11.6 Å². The maximum atomic E-state index is 15.3. The number of aromatic amines is 1. The molecule has 5 aromatic rings. The van der Waals surface area contributed by atoms with Gasteiger partial charge in [-0.15, -0.1) is 0 Å². The summed E-state index contributed by atoms with van der Waals surface area (Å²) in [5.74, 6) is 0.835. The van der Waals surface area contributed by atoms with Crippen LogP contribution in [0.4, 0.5) is 10.1 Å². The first kappa shape index (κ1) is 22.0. The first-order chi connectivity index (χ1) is 17.6. The predicted molar refractivity (Wildman–Crippen MR) is 139 cm³/mol. The maximum absolute atomic E-state index is 15.3. The zero-order valence-electron chi connectivity index (χ0n) is 19.1. The van der Waals surface area contributed by atoms with E-state index in [1.54, 1.807) is 18.5 Å². The summed E-state index contributed by atoms with van der Waals surface area (Å²) in [6, 6.07) is 9.02. The van der Waals surface area contributed by atoms with Gasteiger partial charge in [-0.25, -0.2) is 14.4 Å². The van der Waals surface area contributed by atoms with Crippen LogP contribution >= 0.6 is 23.2 Å². The smallest absolute Gasteiger partial charge is 0.200 e. The Balaban J connectivity index is 1.57. The average Bonchev–Trinajstić information content (AvgIpc) is 3.55. The number of halogens is 3. The van der Waals surface area contributed by atoms with Crippen molar-refractivity contribution in [3.8, 4) is 16.9 Å². The number of imidazole rings is 2. The van der Waals surface area contributed by atoms with E-state index in [0.717, 1.165) is 59.7 Å². The molecule has 3 aromatic heterocycles. The third-order valence-electron chi connectivity index (χ3n) is 6.94. The molecule has 2 aromatic carbocycles. The van der Waals surface area contributed by atoms with Crippen molar-refractivity contribution in [2.24, 2.45) is 0 Å². The minimum Gasteiger partial charge on any atom is -0.378 e. The number of benzene rings is 2. The van der Waals surface area contributed by atoms with Crippen LogP contribution in [0.2, 0.25) is 10.3 Å². The van der Waals surface area contributed by atoms with Crippen molar-refractivity contribution >= 4 is 50.8 Å². The summed E-state index contributed by atoms with van der Waals surface area (Å²) in [5.41, 5.74) is 5.51. The number of hydrogen-bond donors (Lipinski definition) is 1. The standard InChI is InChI=1S/C26H21Cl2FN6O/c27-17-3-4-18(29)22-20(5-6-30-24(17)22)35-21-12-15(34-7-9-36-10-8-34)11-16(19-13-31-26(28)32-19)23(21)33-25(35)14-1-2-14/h3-6,11-14H,1-2,7-10H2,(H,31,32). The molecule has 7 nitrogen and oxygen atoms in total. The largest absolute Gasteiger partial charge is 0.378 e. The number of morpholine rings is 1. The molecule has 36 heavy (non-hydrogen) atoms. The van der Waals surface area contributed by atoms with Gasteiger partial charge in [0.05, 0.1) is 57.8 Å². The number of pyridine rings is 1. The zero-order chi connectivity index (χ0) is 24.4. The summed E-state index contributed by atoms with van der Waals surface area (Å²) in [7, 11) is 0. The third-order valence-corrected chi connectivity index (χ3v) is 7.43. The Bertz CT molecular complexity index is 1640. The Morgan fingerprint density at radius 2 is 1.86 bits per heavy atom. The Morgan fingerprint density at radius 1 is 1.03 bits per heavy atom. The normalized spacial score (nSPS) is 16.4. The highest BCUT2D eigenvalue weighted by molar-refractivity contribution is 6.35. The van der Waals surface area contributed by atoms with E-state index in [1.165, 1.54) is 6.07 Å². The molecule has 4 heterocycles. The molecule has 1 saturated carbocycles. The van der Waals surface area contributed by atoms with Crippen LogP contribution < -0.4 is 4.90 Å². The first-order valence-electron chi connectivity index (χ1n) is 11.9. The fourth-order valence-electron chi connectivity index (χ4n) is 5.06. The Kier molecular flexibility index (Phi) is 5.16. The van der Waals surface area contributed by atoms with Crippen molar-refractivity contribution in [1.82, 2.24) is 24.5 Å². The number of nitrogens with one attached hydrogen (secondary N) is 1. The molecule has 0 amide bonds. The number of nitrogens with zero attached hydrogens (tertiary/aromatic N) is 5. The van der Waals surface area contributed by atoms with E-state index in [2.05, 4.69) is 36.6 Å². The number of rotatable bonds is 4. The van der Waals surface area contributed by atoms with E-state index in [9.17, 15) is 0 Å². The molecule has 0 spiro atoms. The topological polar surface area (TPSA) is 71.9 Å². The summed E-state index contributed by atoms with van der Waals surface area (Å²) in [5, 5.41) is 1.11. The zero-order valence-corrected chi connectivity index (χ0v) is 20.7. The molecule has 0 unspecified atom stereocenters. The van der Waals surface area contributed by atoms with Gasteiger partial charge >= 0.3 is 0 Å². The van der Waals surface area contributed by atoms with Gasteiger partial charge in [-0.1, -0.05) is 11.6 Å². The van der Waals surface area contributed by atoms with Gasteiger partial charge in [0.25, 0.3) is 0 Å². The summed E-state index contributed by atoms with van der Waals surface area (Å²) in [4.78, 5) is 19.2. The van der Waals surface area contributed by atoms with Crippen LogP contribution in [0.3, 0.4) is 0 Å². The quantitative estimate of drug-likeness (QED) is 0.307. The van der Waals surface area contributed by atoms with E-state index in [0.29, 0.717) is 46.0 Å². The molecule has 0 atom stereocenters. The summed E-state index contributed by atoms with van der Waals surface area (Å²) in [6.45, 7) is 2.88. The lowest BCUT2D eigenvalue weighted by Gasteiger charge is -2.29. The maximum Gasteiger partial charge on any atom is 0.200 e. The summed E-state index contributed by atoms with van der Waals surface area (Å²) >= 11 is 12.6. The minimum absolute atomic E-state index is 0.299. The van der Waals surface area contributed by atoms with E-state index >= 15 is 4.39 Å². The highest BCUT2D eigenvalue weighted by Gasteiger charge is 2.32. The van der Waals surface area contributed by atoms with E-state index in [-0.39, 0.29) is 5.82 Å². The number of fused-ring (bicyclic) bond motifs is 2. The second kappa shape index (κ2) is 8.44. The number of anilines is 1. The van der Waals surface area contributed by atoms with Crippen molar-refractivity contribution in [3.63, 3.8) is 0 Å². The lowest BCUT2D eigenvalue weighted by atomic mass is 10.1. The molecule has 1 N–H and O–H groups in total. The fraction of sp³-hybridized carbons (Fsp3) is 0.269. The van der Waals surface area contributed by atoms with Gasteiger partial charge in [-0.05, 0) is 54.8 Å². The van der Waals surface area contributed by atoms with Gasteiger partial charge in [0, 0.05) is 36.5 Å². The van der Waals surface area contributed by atoms with Gasteiger partial charge < -0.3 is 14.6 Å². The molecule has 1 aliphatic carbocycles. The second-order valence-electron chi connectivity index (χ2n) is 9.21. The van der Waals surface area contributed by atoms with Crippen molar-refractivity contribution in [3.05, 3.63) is 64.7 Å². The summed E-state index contributed by atoms with van der Waals surface area (Å²) < 4.78 is 23.0. The van der Waals surface area contributed by atoms with Crippen LogP contribution in [0.25, 0.3) is 38.9 Å². The highest BCUT2D eigenvalue weighted by atomic mass is 35.5. The van der Waals surface area contributed by atoms with Gasteiger partial charge in [-0.2, -0.15) is 0 Å². The Labute approximate surface area is 215 Å². The fourth-order valence-corrected chi connectivity index (χ4v) is 5.41. The second-order valence-corrected chi connectivity index (χ2v) is 9.98. The minimum atomic E-state index is -0.369. The van der Waals surface area contributed by atoms with Crippen LogP contribution in [0.5, 0.6) is 0 Å². The van der Waals surface area contributed by atoms with Gasteiger partial charge in [0.15, 0.2) is 5.28 Å². The summed E-state index contributed by atoms with van der Waals surface area (Å²) in [6.07, 6.45) is 5.47. The number of H-pyrrole nitrogens is 1. The molecule has 0 bridgehead atoms. The van der Waals surface area contributed by atoms with Crippen LogP contribution in [-0.2, 0) is 4.74 Å². The molecular formula is C26H21Cl2FN6O. The van der Waals surface area contributed by atoms with Gasteiger partial charge in [0.2, 0.25) is 0 Å². The molecular weight excluding hydrogens is 502 g/mol. The molecule has 7 rings (SSSR count). The predicted octanol–water partition coefficient (Wildman–Crippen LogP) is 6.12. The average molecular weight is 523 g/mol. The number of aromatic nitrogens is 5. The van der Waals surface area contributed by atoms with Crippen LogP contribution in [0.1, 0.15) is 24.6 Å². The SMILES string of the molecule is Fc1ccc(Cl)c2nccc(-n3c(C4CC4)nc4c(-c5cnc(Cl)[nH]5)cc(N5CCOCC5)cc43)c12. The molecule has 1 saturated heterocycles. The van der Waals surface area contributed by atoms with Crippen molar-refractivity contribution in [2.45, 2.75) is 18.8 Å². The molecule has 2 aliphatic rings. The molecule has 10 heteroatoms. The van der Waals surface area contributed by atoms with E-state index in [1.807, 2.05) is 6.07 Å². The number of hydrogen-bond acceptors (Lipinski definition) is 5. The Hall–Kier alpha value is -3.20. The van der Waals surface area contributed by atoms with Crippen molar-refractivity contribution in [2.75, 3.05) is 31.2 Å². The lowest BCUT2D eigenvalue weighted by molar-refractivity contribution is 0.122. The molecule has 0 radical (unpaired) electrons. The highest BCUT2D eigenvalue weighted by Crippen LogP contribution is 2.45. The van der Waals surface area contributed by atoms with Crippen LogP contribution in [0, 0.1) is 5.82 Å². The lowest BCUT2D eigenvalue weighted by Crippen LogP contribution is -2.36. The molecule has 2 fully saturated rings. The van der Waals surface area contributed by atoms with E-state index < -0.39 is 0 Å². The van der Waals surface area contributed by atoms with Crippen molar-refractivity contribution in [1.29, 1.82) is 0 Å². The van der Waals surface area contributed by atoms with Gasteiger partial charge in [-0.3, -0.25) is 9.55 Å². The van der Waals surface area contributed by atoms with Crippen LogP contribution in [-0.4, -0.2) is 50.8 Å². The molecule has 182 valence electrons. The molecule has 1 aliphatic heterocycles. The number of ether oxygens (including phenoxy) is 1.